The van der Waals surface area contributed by atoms with Gasteiger partial charge < -0.3 is 14.5 Å². The van der Waals surface area contributed by atoms with E-state index in [1.165, 1.54) is 30.8 Å². The summed E-state index contributed by atoms with van der Waals surface area (Å²) in [6.45, 7) is 4.08. The number of thiophene rings is 1. The number of furan rings is 1. The molecule has 0 saturated carbocycles. The number of carbonyl (C=O) groups is 1. The molecule has 3 rings (SSSR count). The third-order valence-electron chi connectivity index (χ3n) is 4.21. The van der Waals surface area contributed by atoms with Crippen LogP contribution < -0.4 is 10.1 Å². The third-order valence-corrected chi connectivity index (χ3v) is 6.11. The normalized spacial score (nSPS) is 14.3. The summed E-state index contributed by atoms with van der Waals surface area (Å²) in [5, 5.41) is 4.86. The second-order valence-electron chi connectivity index (χ2n) is 6.46. The van der Waals surface area contributed by atoms with Crippen molar-refractivity contribution in [1.29, 1.82) is 0 Å². The lowest BCUT2D eigenvalue weighted by Gasteiger charge is -2.12. The van der Waals surface area contributed by atoms with Crippen molar-refractivity contribution in [3.63, 3.8) is 0 Å². The minimum absolute atomic E-state index is 0. The average Bonchev–Trinajstić information content (AvgIpc) is 3.42. The van der Waals surface area contributed by atoms with Gasteiger partial charge in [0.15, 0.2) is 0 Å². The van der Waals surface area contributed by atoms with Crippen LogP contribution in [0.4, 0.5) is 0 Å². The molecule has 28 heavy (non-hydrogen) atoms. The molecule has 2 aromatic heterocycles. The molecule has 1 N–H and O–H groups in total. The van der Waals surface area contributed by atoms with Gasteiger partial charge in [0.1, 0.15) is 5.75 Å². The van der Waals surface area contributed by atoms with Gasteiger partial charge in [0.25, 0.3) is 0 Å². The molecule has 3 heterocycles. The van der Waals surface area contributed by atoms with Gasteiger partial charge in [-0.15, -0.1) is 35.5 Å². The highest BCUT2D eigenvalue weighted by molar-refractivity contribution is 7.99. The van der Waals surface area contributed by atoms with Gasteiger partial charge in [0, 0.05) is 34.5 Å². The van der Waals surface area contributed by atoms with Crippen molar-refractivity contribution in [3.05, 3.63) is 52.8 Å². The molecule has 2 aromatic rings. The van der Waals surface area contributed by atoms with E-state index in [2.05, 4.69) is 21.7 Å². The minimum atomic E-state index is 0. The van der Waals surface area contributed by atoms with Crippen LogP contribution in [0.5, 0.6) is 5.75 Å². The Morgan fingerprint density at radius 2 is 2.25 bits per heavy atom. The van der Waals surface area contributed by atoms with Crippen molar-refractivity contribution in [2.45, 2.75) is 31.6 Å². The van der Waals surface area contributed by atoms with Gasteiger partial charge in [-0.05, 0) is 44.3 Å². The predicted octanol–water partition coefficient (Wildman–Crippen LogP) is 4.69. The summed E-state index contributed by atoms with van der Waals surface area (Å²) in [7, 11) is 0. The molecule has 1 aliphatic heterocycles. The van der Waals surface area contributed by atoms with Crippen molar-refractivity contribution in [2.24, 2.45) is 0 Å². The molecule has 0 atom stereocenters. The number of nitrogens with zero attached hydrogens (tertiary/aromatic N) is 1. The maximum Gasteiger partial charge on any atom is 0.233 e. The number of amides is 1. The molecule has 0 spiro atoms. The first-order chi connectivity index (χ1) is 13.3. The number of thioether (sulfide) groups is 1. The maximum atomic E-state index is 11.7. The highest BCUT2D eigenvalue weighted by Crippen LogP contribution is 2.24. The molecule has 1 amide bonds. The zero-order valence-corrected chi connectivity index (χ0v) is 18.3. The van der Waals surface area contributed by atoms with Crippen LogP contribution in [0.2, 0.25) is 0 Å². The lowest BCUT2D eigenvalue weighted by atomic mass is 10.4. The average molecular weight is 443 g/mol. The van der Waals surface area contributed by atoms with Crippen LogP contribution in [0, 0.1) is 0 Å². The number of hydrogen-bond donors (Lipinski definition) is 1. The van der Waals surface area contributed by atoms with Crippen LogP contribution in [0.25, 0.3) is 0 Å². The van der Waals surface area contributed by atoms with Gasteiger partial charge in [0.2, 0.25) is 5.91 Å². The smallest absolute Gasteiger partial charge is 0.233 e. The van der Waals surface area contributed by atoms with Crippen molar-refractivity contribution < 1.29 is 13.9 Å². The zero-order chi connectivity index (χ0) is 18.7. The minimum Gasteiger partial charge on any atom is -0.492 e. The number of nitrogens with one attached hydrogen (secondary N) is 1. The summed E-state index contributed by atoms with van der Waals surface area (Å²) < 4.78 is 10.8. The van der Waals surface area contributed by atoms with Crippen LogP contribution in [-0.4, -0.2) is 36.3 Å². The van der Waals surface area contributed by atoms with Gasteiger partial charge in [-0.3, -0.25) is 9.69 Å². The lowest BCUT2D eigenvalue weighted by molar-refractivity contribution is -0.117. The maximum absolute atomic E-state index is 11.7. The monoisotopic (exact) mass is 442 g/mol. The molecule has 1 fully saturated rings. The molecule has 8 heteroatoms. The molecule has 1 aliphatic rings. The zero-order valence-electron chi connectivity index (χ0n) is 15.8. The summed E-state index contributed by atoms with van der Waals surface area (Å²) >= 11 is 3.33. The Kier molecular flexibility index (Phi) is 10.6. The number of rotatable bonds is 11. The van der Waals surface area contributed by atoms with E-state index < -0.39 is 0 Å². The van der Waals surface area contributed by atoms with E-state index >= 15 is 0 Å². The Labute approximate surface area is 180 Å². The second-order valence-corrected chi connectivity index (χ2v) is 8.44. The first-order valence-electron chi connectivity index (χ1n) is 9.25. The molecule has 0 aliphatic carbocycles. The SMILES string of the molecule is Cl.O=C(CSCc1ccoc1)N/C=C\CCOc1csc(CN2CCCC2)c1. The first-order valence-corrected chi connectivity index (χ1v) is 11.3. The molecule has 0 radical (unpaired) electrons. The molecular weight excluding hydrogens is 416 g/mol. The van der Waals surface area contributed by atoms with Crippen molar-refractivity contribution in [1.82, 2.24) is 10.2 Å². The third kappa shape index (κ3) is 8.31. The standard InChI is InChI=1S/C20H26N2O3S2.ClH/c23-20(16-26-14-17-5-10-24-13-17)21-6-1-4-9-25-18-11-19(27-15-18)12-22-7-2-3-8-22;/h1,5-6,10-11,13,15H,2-4,7-9,12,14,16H2,(H,21,23);1H/b6-1-;. The highest BCUT2D eigenvalue weighted by atomic mass is 35.5. The summed E-state index contributed by atoms with van der Waals surface area (Å²) in [5.41, 5.74) is 1.09. The number of halogens is 1. The fourth-order valence-electron chi connectivity index (χ4n) is 2.84. The fraction of sp³-hybridized carbons (Fsp3) is 0.450. The van der Waals surface area contributed by atoms with Crippen LogP contribution in [0.15, 0.2) is 46.7 Å². The number of carbonyl (C=O) groups excluding carboxylic acids is 1. The molecule has 0 unspecified atom stereocenters. The van der Waals surface area contributed by atoms with Gasteiger partial charge >= 0.3 is 0 Å². The topological polar surface area (TPSA) is 54.7 Å². The number of likely N-dealkylation sites (tertiary alicyclic amines) is 1. The van der Waals surface area contributed by atoms with Gasteiger partial charge in [-0.25, -0.2) is 0 Å². The van der Waals surface area contributed by atoms with Crippen LogP contribution >= 0.6 is 35.5 Å². The van der Waals surface area contributed by atoms with Crippen LogP contribution in [0.3, 0.4) is 0 Å². The van der Waals surface area contributed by atoms with Gasteiger partial charge in [-0.1, -0.05) is 6.08 Å². The molecule has 0 bridgehead atoms. The summed E-state index contributed by atoms with van der Waals surface area (Å²) in [5.74, 6) is 2.16. The van der Waals surface area contributed by atoms with E-state index in [1.807, 2.05) is 12.1 Å². The highest BCUT2D eigenvalue weighted by Gasteiger charge is 2.12. The second kappa shape index (κ2) is 12.9. The Bertz CT molecular complexity index is 713. The predicted molar refractivity (Wildman–Crippen MR) is 118 cm³/mol. The van der Waals surface area contributed by atoms with E-state index in [4.69, 9.17) is 9.15 Å². The summed E-state index contributed by atoms with van der Waals surface area (Å²) in [6.07, 6.45) is 10.4. The number of hydrogen-bond acceptors (Lipinski definition) is 6. The van der Waals surface area contributed by atoms with Gasteiger partial charge in [0.05, 0.1) is 24.9 Å². The molecule has 0 aromatic carbocycles. The Morgan fingerprint density at radius 3 is 3.04 bits per heavy atom. The van der Waals surface area contributed by atoms with E-state index in [1.54, 1.807) is 41.8 Å². The molecule has 1 saturated heterocycles. The van der Waals surface area contributed by atoms with E-state index in [0.717, 1.165) is 30.0 Å². The largest absolute Gasteiger partial charge is 0.492 e. The summed E-state index contributed by atoms with van der Waals surface area (Å²) in [6, 6.07) is 4.05. The molecule has 154 valence electrons. The lowest BCUT2D eigenvalue weighted by Crippen LogP contribution is -2.19. The molecular formula is C20H27ClN2O3S2. The van der Waals surface area contributed by atoms with Crippen LogP contribution in [0.1, 0.15) is 29.7 Å². The van der Waals surface area contributed by atoms with Crippen molar-refractivity contribution in [2.75, 3.05) is 25.4 Å². The Hall–Kier alpha value is -1.41. The fourth-order valence-corrected chi connectivity index (χ4v) is 4.45. The van der Waals surface area contributed by atoms with E-state index in [9.17, 15) is 4.79 Å². The Balaban J connectivity index is 0.00000280. The van der Waals surface area contributed by atoms with Gasteiger partial charge in [-0.2, -0.15) is 0 Å². The first kappa shape index (κ1) is 22.9. The van der Waals surface area contributed by atoms with Crippen molar-refractivity contribution in [3.8, 4) is 5.75 Å². The number of ether oxygens (including phenoxy) is 1. The van der Waals surface area contributed by atoms with E-state index in [-0.39, 0.29) is 18.3 Å². The summed E-state index contributed by atoms with van der Waals surface area (Å²) in [4.78, 5) is 15.6. The van der Waals surface area contributed by atoms with E-state index in [0.29, 0.717) is 12.4 Å². The quantitative estimate of drug-likeness (QED) is 0.511. The van der Waals surface area contributed by atoms with Crippen molar-refractivity contribution >= 4 is 41.4 Å². The van der Waals surface area contributed by atoms with Crippen LogP contribution in [-0.2, 0) is 17.1 Å². The molecule has 5 nitrogen and oxygen atoms in total. The Morgan fingerprint density at radius 1 is 1.39 bits per heavy atom.